The maximum absolute atomic E-state index is 11.9. The summed E-state index contributed by atoms with van der Waals surface area (Å²) in [7, 11) is 0. The first-order valence-corrected chi connectivity index (χ1v) is 7.70. The number of carboxylic acid groups (broad SMARTS) is 1. The van der Waals surface area contributed by atoms with Crippen molar-refractivity contribution in [3.63, 3.8) is 0 Å². The van der Waals surface area contributed by atoms with Gasteiger partial charge in [-0.2, -0.15) is 0 Å². The highest BCUT2D eigenvalue weighted by molar-refractivity contribution is 7.99. The van der Waals surface area contributed by atoms with Crippen LogP contribution in [0.1, 0.15) is 39.7 Å². The van der Waals surface area contributed by atoms with Crippen molar-refractivity contribution in [2.24, 2.45) is 5.41 Å². The molecule has 21 heavy (non-hydrogen) atoms. The van der Waals surface area contributed by atoms with E-state index in [9.17, 15) is 14.7 Å². The van der Waals surface area contributed by atoms with E-state index in [-0.39, 0.29) is 11.7 Å². The van der Waals surface area contributed by atoms with Gasteiger partial charge in [-0.3, -0.25) is 4.79 Å². The third-order valence-electron chi connectivity index (χ3n) is 3.11. The van der Waals surface area contributed by atoms with E-state index in [1.165, 1.54) is 11.8 Å². The van der Waals surface area contributed by atoms with Gasteiger partial charge in [0.1, 0.15) is 6.04 Å². The van der Waals surface area contributed by atoms with Crippen molar-refractivity contribution in [3.8, 4) is 0 Å². The number of carboxylic acids is 1. The van der Waals surface area contributed by atoms with Crippen LogP contribution in [0.15, 0.2) is 5.16 Å². The van der Waals surface area contributed by atoms with Crippen LogP contribution in [0.5, 0.6) is 0 Å². The molecule has 0 aliphatic heterocycles. The molecule has 0 spiro atoms. The van der Waals surface area contributed by atoms with Crippen molar-refractivity contribution in [1.82, 2.24) is 25.5 Å². The van der Waals surface area contributed by atoms with E-state index in [4.69, 9.17) is 0 Å². The quantitative estimate of drug-likeness (QED) is 0.744. The minimum absolute atomic E-state index is 0.0902. The molecule has 1 heterocycles. The van der Waals surface area contributed by atoms with Crippen LogP contribution in [-0.2, 0) is 9.59 Å². The van der Waals surface area contributed by atoms with E-state index < -0.39 is 17.4 Å². The molecule has 0 bridgehead atoms. The number of hydrogen-bond acceptors (Lipinski definition) is 6. The second kappa shape index (κ2) is 6.00. The average molecular weight is 313 g/mol. The standard InChI is InChI=1S/C12H19N5O3S/c1-12(2,3)9(10(19)20)13-8(18)6-21-11-14-15-16-17(11)7-4-5-7/h7,9H,4-6H2,1-3H3,(H,13,18)(H,19,20). The Morgan fingerprint density at radius 3 is 2.67 bits per heavy atom. The van der Waals surface area contributed by atoms with Crippen LogP contribution in [0.2, 0.25) is 0 Å². The van der Waals surface area contributed by atoms with Gasteiger partial charge >= 0.3 is 5.97 Å². The first-order valence-electron chi connectivity index (χ1n) is 6.72. The molecule has 0 aromatic carbocycles. The Labute approximate surface area is 126 Å². The van der Waals surface area contributed by atoms with Crippen LogP contribution in [0.3, 0.4) is 0 Å². The predicted octanol–water partition coefficient (Wildman–Crippen LogP) is 0.716. The molecule has 1 atom stereocenters. The van der Waals surface area contributed by atoms with Gasteiger partial charge in [0.05, 0.1) is 11.8 Å². The topological polar surface area (TPSA) is 110 Å². The Morgan fingerprint density at radius 1 is 1.48 bits per heavy atom. The molecule has 1 unspecified atom stereocenters. The number of nitrogens with one attached hydrogen (secondary N) is 1. The van der Waals surface area contributed by atoms with Crippen LogP contribution in [0.4, 0.5) is 0 Å². The highest BCUT2D eigenvalue weighted by Crippen LogP contribution is 2.36. The van der Waals surface area contributed by atoms with Crippen molar-refractivity contribution in [1.29, 1.82) is 0 Å². The summed E-state index contributed by atoms with van der Waals surface area (Å²) in [5.41, 5.74) is -0.554. The Hall–Kier alpha value is -1.64. The van der Waals surface area contributed by atoms with Gasteiger partial charge in [0.25, 0.3) is 0 Å². The minimum atomic E-state index is -1.04. The number of carbonyl (C=O) groups is 2. The zero-order valence-electron chi connectivity index (χ0n) is 12.2. The van der Waals surface area contributed by atoms with Crippen LogP contribution in [0.25, 0.3) is 0 Å². The fraction of sp³-hybridized carbons (Fsp3) is 0.750. The Morgan fingerprint density at radius 2 is 2.14 bits per heavy atom. The van der Waals surface area contributed by atoms with Gasteiger partial charge in [-0.05, 0) is 28.7 Å². The molecule has 0 saturated heterocycles. The average Bonchev–Trinajstić information content (AvgIpc) is 3.11. The van der Waals surface area contributed by atoms with Gasteiger partial charge in [0.2, 0.25) is 11.1 Å². The zero-order valence-corrected chi connectivity index (χ0v) is 13.1. The van der Waals surface area contributed by atoms with Crippen molar-refractivity contribution < 1.29 is 14.7 Å². The SMILES string of the molecule is CC(C)(C)C(NC(=O)CSc1nnnn1C1CC1)C(=O)O. The van der Waals surface area contributed by atoms with Crippen LogP contribution < -0.4 is 5.32 Å². The lowest BCUT2D eigenvalue weighted by molar-refractivity contribution is -0.144. The molecule has 8 nitrogen and oxygen atoms in total. The van der Waals surface area contributed by atoms with Crippen molar-refractivity contribution in [2.45, 2.75) is 50.9 Å². The minimum Gasteiger partial charge on any atom is -0.480 e. The van der Waals surface area contributed by atoms with Crippen LogP contribution in [0, 0.1) is 5.41 Å². The fourth-order valence-electron chi connectivity index (χ4n) is 1.81. The van der Waals surface area contributed by atoms with Gasteiger partial charge in [-0.1, -0.05) is 32.5 Å². The third-order valence-corrected chi connectivity index (χ3v) is 4.04. The van der Waals surface area contributed by atoms with Crippen LogP contribution >= 0.6 is 11.8 Å². The Bertz CT molecular complexity index is 535. The van der Waals surface area contributed by atoms with Crippen molar-refractivity contribution >= 4 is 23.6 Å². The lowest BCUT2D eigenvalue weighted by Crippen LogP contribution is -2.49. The van der Waals surface area contributed by atoms with Crippen molar-refractivity contribution in [2.75, 3.05) is 5.75 Å². The first kappa shape index (κ1) is 15.7. The summed E-state index contributed by atoms with van der Waals surface area (Å²) >= 11 is 1.22. The van der Waals surface area contributed by atoms with E-state index in [1.807, 2.05) is 0 Å². The molecular formula is C12H19N5O3S. The lowest BCUT2D eigenvalue weighted by Gasteiger charge is -2.27. The number of rotatable bonds is 6. The zero-order chi connectivity index (χ0) is 15.6. The smallest absolute Gasteiger partial charge is 0.326 e. The second-order valence-corrected chi connectivity index (χ2v) is 7.07. The highest BCUT2D eigenvalue weighted by Gasteiger charge is 2.33. The molecule has 1 fully saturated rings. The fourth-order valence-corrected chi connectivity index (χ4v) is 2.57. The predicted molar refractivity (Wildman–Crippen MR) is 75.8 cm³/mol. The van der Waals surface area contributed by atoms with E-state index in [0.29, 0.717) is 11.2 Å². The maximum atomic E-state index is 11.9. The molecule has 1 aliphatic carbocycles. The molecule has 1 saturated carbocycles. The van der Waals surface area contributed by atoms with Crippen molar-refractivity contribution in [3.05, 3.63) is 0 Å². The molecule has 2 rings (SSSR count). The molecule has 1 aromatic heterocycles. The van der Waals surface area contributed by atoms with Gasteiger partial charge < -0.3 is 10.4 Å². The summed E-state index contributed by atoms with van der Waals surface area (Å²) in [5.74, 6) is -1.29. The highest BCUT2D eigenvalue weighted by atomic mass is 32.2. The monoisotopic (exact) mass is 313 g/mol. The normalized spacial score (nSPS) is 16.5. The second-order valence-electron chi connectivity index (χ2n) is 6.13. The largest absolute Gasteiger partial charge is 0.480 e. The Kier molecular flexibility index (Phi) is 4.50. The number of nitrogens with zero attached hydrogens (tertiary/aromatic N) is 4. The molecule has 2 N–H and O–H groups in total. The molecule has 9 heteroatoms. The van der Waals surface area contributed by atoms with E-state index >= 15 is 0 Å². The van der Waals surface area contributed by atoms with Gasteiger partial charge in [0.15, 0.2) is 0 Å². The summed E-state index contributed by atoms with van der Waals surface area (Å²) in [4.78, 5) is 23.1. The summed E-state index contributed by atoms with van der Waals surface area (Å²) in [6.07, 6.45) is 2.10. The Balaban J connectivity index is 1.89. The van der Waals surface area contributed by atoms with Gasteiger partial charge in [-0.15, -0.1) is 5.10 Å². The molecule has 1 amide bonds. The first-order chi connectivity index (χ1) is 9.79. The number of aliphatic carboxylic acids is 1. The number of carbonyl (C=O) groups excluding carboxylic acids is 1. The summed E-state index contributed by atoms with van der Waals surface area (Å²) < 4.78 is 1.72. The molecular weight excluding hydrogens is 294 g/mol. The summed E-state index contributed by atoms with van der Waals surface area (Å²) in [6, 6.07) is -0.586. The van der Waals surface area contributed by atoms with Crippen LogP contribution in [-0.4, -0.2) is 49.0 Å². The summed E-state index contributed by atoms with van der Waals surface area (Å²) in [5, 5.41) is 23.7. The number of tetrazole rings is 1. The number of amides is 1. The number of thioether (sulfide) groups is 1. The van der Waals surface area contributed by atoms with Gasteiger partial charge in [-0.25, -0.2) is 9.48 Å². The molecule has 0 radical (unpaired) electrons. The summed E-state index contributed by atoms with van der Waals surface area (Å²) in [6.45, 7) is 5.31. The molecule has 116 valence electrons. The molecule has 1 aromatic rings. The number of aromatic nitrogens is 4. The van der Waals surface area contributed by atoms with E-state index in [2.05, 4.69) is 20.8 Å². The van der Waals surface area contributed by atoms with E-state index in [0.717, 1.165) is 12.8 Å². The van der Waals surface area contributed by atoms with Gasteiger partial charge in [0, 0.05) is 0 Å². The lowest BCUT2D eigenvalue weighted by atomic mass is 9.87. The molecule has 1 aliphatic rings. The number of hydrogen-bond donors (Lipinski definition) is 2. The van der Waals surface area contributed by atoms with E-state index in [1.54, 1.807) is 25.5 Å². The maximum Gasteiger partial charge on any atom is 0.326 e. The third kappa shape index (κ3) is 4.16.